The molecule has 0 saturated carbocycles. The molecule has 0 spiro atoms. The van der Waals surface area contributed by atoms with E-state index in [0.29, 0.717) is 44.4 Å². The van der Waals surface area contributed by atoms with Gasteiger partial charge in [-0.05, 0) is 31.9 Å². The monoisotopic (exact) mass is 371 g/mol. The smallest absolute Gasteiger partial charge is 0.270 e. The van der Waals surface area contributed by atoms with Crippen molar-refractivity contribution in [2.45, 2.75) is 38.5 Å². The number of carbonyl (C=O) groups excluding carboxylic acids is 2. The third-order valence-electron chi connectivity index (χ3n) is 5.51. The highest BCUT2D eigenvalue weighted by Crippen LogP contribution is 2.28. The average Bonchev–Trinajstić information content (AvgIpc) is 3.38. The van der Waals surface area contributed by atoms with Crippen LogP contribution in [0, 0.1) is 5.92 Å². The zero-order valence-corrected chi connectivity index (χ0v) is 15.5. The van der Waals surface area contributed by atoms with Gasteiger partial charge in [0.1, 0.15) is 11.8 Å². The van der Waals surface area contributed by atoms with Gasteiger partial charge < -0.3 is 14.4 Å². The Labute approximate surface area is 158 Å². The van der Waals surface area contributed by atoms with Crippen molar-refractivity contribution in [1.82, 2.24) is 4.90 Å². The van der Waals surface area contributed by atoms with Crippen LogP contribution < -0.4 is 5.01 Å². The highest BCUT2D eigenvalue weighted by atomic mass is 16.7. The summed E-state index contributed by atoms with van der Waals surface area (Å²) in [5, 5.41) is 6.20. The summed E-state index contributed by atoms with van der Waals surface area (Å²) in [5.41, 5.74) is 1.29. The molecule has 1 atom stereocenters. The number of hydrogen-bond donors (Lipinski definition) is 0. The van der Waals surface area contributed by atoms with Crippen LogP contribution >= 0.6 is 0 Å². The zero-order chi connectivity index (χ0) is 18.8. The zero-order valence-electron chi connectivity index (χ0n) is 15.5. The number of ether oxygens (including phenoxy) is 2. The van der Waals surface area contributed by atoms with Gasteiger partial charge in [0, 0.05) is 25.4 Å². The lowest BCUT2D eigenvalue weighted by atomic mass is 9.95. The summed E-state index contributed by atoms with van der Waals surface area (Å²) in [6.07, 6.45) is 1.96. The van der Waals surface area contributed by atoms with Crippen molar-refractivity contribution in [1.29, 1.82) is 0 Å². The summed E-state index contributed by atoms with van der Waals surface area (Å²) in [5.74, 6) is 0.291. The first-order chi connectivity index (χ1) is 13.1. The molecule has 0 bridgehead atoms. The highest BCUT2D eigenvalue weighted by molar-refractivity contribution is 6.40. The van der Waals surface area contributed by atoms with Crippen LogP contribution in [0.3, 0.4) is 0 Å². The van der Waals surface area contributed by atoms with Crippen molar-refractivity contribution in [2.75, 3.05) is 31.3 Å². The molecule has 0 radical (unpaired) electrons. The molecule has 0 aliphatic carbocycles. The van der Waals surface area contributed by atoms with E-state index in [2.05, 4.69) is 5.10 Å². The van der Waals surface area contributed by atoms with Crippen LogP contribution in [0.4, 0.5) is 5.69 Å². The minimum Gasteiger partial charge on any atom is -0.350 e. The molecule has 3 heterocycles. The first kappa shape index (κ1) is 18.1. The second-order valence-electron chi connectivity index (χ2n) is 7.30. The van der Waals surface area contributed by atoms with Gasteiger partial charge in [0.25, 0.3) is 5.91 Å². The lowest BCUT2D eigenvalue weighted by Crippen LogP contribution is -2.44. The highest BCUT2D eigenvalue weighted by Gasteiger charge is 2.38. The summed E-state index contributed by atoms with van der Waals surface area (Å²) in [6, 6.07) is 9.11. The Kier molecular flexibility index (Phi) is 5.22. The van der Waals surface area contributed by atoms with Gasteiger partial charge in [0.15, 0.2) is 12.1 Å². The Bertz CT molecular complexity index is 722. The molecule has 7 nitrogen and oxygen atoms in total. The van der Waals surface area contributed by atoms with E-state index in [4.69, 9.17) is 9.47 Å². The van der Waals surface area contributed by atoms with Crippen molar-refractivity contribution in [2.24, 2.45) is 11.0 Å². The first-order valence-corrected chi connectivity index (χ1v) is 9.58. The molecule has 3 aliphatic heterocycles. The van der Waals surface area contributed by atoms with E-state index in [9.17, 15) is 9.59 Å². The number of amides is 1. The molecule has 0 aromatic heterocycles. The summed E-state index contributed by atoms with van der Waals surface area (Å²) in [4.78, 5) is 26.9. The molecular formula is C20H25N3O4. The number of anilines is 1. The number of benzene rings is 1. The number of ketones is 1. The number of hydrogen-bond acceptors (Lipinski definition) is 6. The molecule has 27 heavy (non-hydrogen) atoms. The minimum atomic E-state index is -0.413. The number of para-hydroxylation sites is 1. The van der Waals surface area contributed by atoms with E-state index in [-0.39, 0.29) is 18.0 Å². The maximum Gasteiger partial charge on any atom is 0.270 e. The fourth-order valence-electron chi connectivity index (χ4n) is 3.98. The van der Waals surface area contributed by atoms with E-state index in [1.807, 2.05) is 35.2 Å². The fourth-order valence-corrected chi connectivity index (χ4v) is 3.98. The van der Waals surface area contributed by atoms with Gasteiger partial charge in [0.05, 0.1) is 18.9 Å². The van der Waals surface area contributed by atoms with E-state index in [1.165, 1.54) is 0 Å². The maximum absolute atomic E-state index is 13.0. The number of nitrogens with zero attached hydrogens (tertiary/aromatic N) is 3. The van der Waals surface area contributed by atoms with Crippen molar-refractivity contribution in [3.8, 4) is 0 Å². The van der Waals surface area contributed by atoms with Gasteiger partial charge in [-0.25, -0.2) is 0 Å². The van der Waals surface area contributed by atoms with E-state index < -0.39 is 6.04 Å². The fraction of sp³-hybridized carbons (Fsp3) is 0.550. The van der Waals surface area contributed by atoms with Crippen molar-refractivity contribution in [3.05, 3.63) is 30.3 Å². The predicted molar refractivity (Wildman–Crippen MR) is 100 cm³/mol. The summed E-state index contributed by atoms with van der Waals surface area (Å²) in [6.45, 7) is 4.20. The molecule has 2 fully saturated rings. The lowest BCUT2D eigenvalue weighted by Gasteiger charge is -2.33. The minimum absolute atomic E-state index is 0.0136. The largest absolute Gasteiger partial charge is 0.350 e. The van der Waals surface area contributed by atoms with Crippen LogP contribution in [0.1, 0.15) is 26.2 Å². The second kappa shape index (κ2) is 7.78. The van der Waals surface area contributed by atoms with Crippen molar-refractivity contribution in [3.63, 3.8) is 0 Å². The molecule has 2 saturated heterocycles. The Hall–Kier alpha value is -2.25. The van der Waals surface area contributed by atoms with Gasteiger partial charge in [-0.2, -0.15) is 5.10 Å². The van der Waals surface area contributed by atoms with Crippen molar-refractivity contribution < 1.29 is 19.1 Å². The quantitative estimate of drug-likeness (QED) is 0.807. The Morgan fingerprint density at radius 2 is 1.74 bits per heavy atom. The third kappa shape index (κ3) is 3.75. The van der Waals surface area contributed by atoms with Gasteiger partial charge in [-0.1, -0.05) is 18.2 Å². The molecular weight excluding hydrogens is 346 g/mol. The van der Waals surface area contributed by atoms with Crippen LogP contribution in [-0.4, -0.2) is 60.9 Å². The van der Waals surface area contributed by atoms with E-state index >= 15 is 0 Å². The SMILES string of the molecule is CC(=O)C1CC(C(=O)N2CCC(C3OCCO3)CC2)=NN1c1ccccc1. The second-order valence-corrected chi connectivity index (χ2v) is 7.30. The van der Waals surface area contributed by atoms with Crippen LogP contribution in [0.2, 0.25) is 0 Å². The molecule has 144 valence electrons. The van der Waals surface area contributed by atoms with Crippen molar-refractivity contribution >= 4 is 23.1 Å². The lowest BCUT2D eigenvalue weighted by molar-refractivity contribution is -0.130. The average molecular weight is 371 g/mol. The molecule has 1 aromatic carbocycles. The number of likely N-dealkylation sites (tertiary alicyclic amines) is 1. The molecule has 3 aliphatic rings. The standard InChI is InChI=1S/C20H25N3O4/c1-14(24)18-13-17(21-23(18)16-5-3-2-4-6-16)19(25)22-9-7-15(8-10-22)20-26-11-12-27-20/h2-6,15,18,20H,7-13H2,1H3. The molecule has 7 heteroatoms. The van der Waals surface area contributed by atoms with Crippen LogP contribution in [0.15, 0.2) is 35.4 Å². The normalized spacial score (nSPS) is 24.3. The Morgan fingerprint density at radius 1 is 1.07 bits per heavy atom. The molecule has 1 amide bonds. The molecule has 4 rings (SSSR count). The van der Waals surface area contributed by atoms with Gasteiger partial charge in [-0.3, -0.25) is 14.6 Å². The summed E-state index contributed by atoms with van der Waals surface area (Å²) >= 11 is 0. The predicted octanol–water partition coefficient (Wildman–Crippen LogP) is 1.82. The molecule has 1 unspecified atom stereocenters. The third-order valence-corrected chi connectivity index (χ3v) is 5.51. The summed E-state index contributed by atoms with van der Waals surface area (Å²) < 4.78 is 11.2. The number of carbonyl (C=O) groups is 2. The number of piperidine rings is 1. The number of hydrazone groups is 1. The Morgan fingerprint density at radius 3 is 2.37 bits per heavy atom. The van der Waals surface area contributed by atoms with Crippen LogP contribution in [0.5, 0.6) is 0 Å². The summed E-state index contributed by atoms with van der Waals surface area (Å²) in [7, 11) is 0. The van der Waals surface area contributed by atoms with Crippen LogP contribution in [-0.2, 0) is 19.1 Å². The van der Waals surface area contributed by atoms with E-state index in [1.54, 1.807) is 11.9 Å². The molecule has 1 aromatic rings. The Balaban J connectivity index is 1.43. The van der Waals surface area contributed by atoms with E-state index in [0.717, 1.165) is 18.5 Å². The van der Waals surface area contributed by atoms with Crippen LogP contribution in [0.25, 0.3) is 0 Å². The van der Waals surface area contributed by atoms with Gasteiger partial charge >= 0.3 is 0 Å². The maximum atomic E-state index is 13.0. The topological polar surface area (TPSA) is 71.4 Å². The number of Topliss-reactive ketones (excluding diaryl/α,β-unsaturated/α-hetero) is 1. The van der Waals surface area contributed by atoms with Gasteiger partial charge in [-0.15, -0.1) is 0 Å². The number of rotatable bonds is 4. The van der Waals surface area contributed by atoms with Gasteiger partial charge in [0.2, 0.25) is 0 Å². The first-order valence-electron chi connectivity index (χ1n) is 9.58. The molecule has 0 N–H and O–H groups in total.